The molecule has 0 fully saturated rings. The van der Waals surface area contributed by atoms with Gasteiger partial charge in [-0.1, -0.05) is 12.1 Å². The normalized spacial score (nSPS) is 10.0. The first-order valence-electron chi connectivity index (χ1n) is 5.75. The third-order valence-corrected chi connectivity index (χ3v) is 2.56. The first kappa shape index (κ1) is 12.8. The van der Waals surface area contributed by atoms with Crippen LogP contribution in [-0.4, -0.2) is 16.2 Å². The molecule has 1 aromatic carbocycles. The molecule has 0 aliphatic carbocycles. The molecule has 19 heavy (non-hydrogen) atoms. The number of aromatic amines is 1. The number of H-pyrrole nitrogens is 1. The predicted molar refractivity (Wildman–Crippen MR) is 73.4 cm³/mol. The maximum absolute atomic E-state index is 11.8. The quantitative estimate of drug-likeness (QED) is 0.770. The highest BCUT2D eigenvalue weighted by Crippen LogP contribution is 2.16. The van der Waals surface area contributed by atoms with Crippen molar-refractivity contribution in [3.8, 4) is 0 Å². The lowest BCUT2D eigenvalue weighted by atomic mass is 10.1. The van der Waals surface area contributed by atoms with Crippen molar-refractivity contribution in [1.82, 2.24) is 10.2 Å². The van der Waals surface area contributed by atoms with Gasteiger partial charge in [-0.05, 0) is 37.1 Å². The first-order chi connectivity index (χ1) is 9.04. The summed E-state index contributed by atoms with van der Waals surface area (Å²) in [7, 11) is 0. The topological polar surface area (TPSA) is 86.9 Å². The van der Waals surface area contributed by atoms with E-state index in [9.17, 15) is 9.59 Å². The van der Waals surface area contributed by atoms with E-state index in [1.165, 1.54) is 12.1 Å². The van der Waals surface area contributed by atoms with Crippen LogP contribution in [0.4, 0.5) is 16.3 Å². The van der Waals surface area contributed by atoms with Crippen LogP contribution in [0.2, 0.25) is 0 Å². The second kappa shape index (κ2) is 5.34. The van der Waals surface area contributed by atoms with Gasteiger partial charge in [0.2, 0.25) is 0 Å². The van der Waals surface area contributed by atoms with E-state index in [2.05, 4.69) is 20.8 Å². The number of nitrogens with one attached hydrogen (secondary N) is 3. The number of amides is 2. The van der Waals surface area contributed by atoms with Crippen molar-refractivity contribution < 1.29 is 4.79 Å². The molecule has 1 aromatic heterocycles. The second-order valence-corrected chi connectivity index (χ2v) is 4.20. The second-order valence-electron chi connectivity index (χ2n) is 4.20. The maximum atomic E-state index is 11.8. The smallest absolute Gasteiger partial charge is 0.307 e. The van der Waals surface area contributed by atoms with Crippen LogP contribution in [0.5, 0.6) is 0 Å². The Morgan fingerprint density at radius 3 is 2.63 bits per heavy atom. The van der Waals surface area contributed by atoms with Crippen molar-refractivity contribution in [2.24, 2.45) is 0 Å². The largest absolute Gasteiger partial charge is 0.324 e. The number of carbonyl (C=O) groups is 1. The van der Waals surface area contributed by atoms with E-state index in [1.54, 1.807) is 0 Å². The van der Waals surface area contributed by atoms with Gasteiger partial charge in [0.1, 0.15) is 0 Å². The Hall–Kier alpha value is -2.63. The summed E-state index contributed by atoms with van der Waals surface area (Å²) in [6.07, 6.45) is 0. The van der Waals surface area contributed by atoms with E-state index in [1.807, 2.05) is 32.0 Å². The molecule has 0 aliphatic heterocycles. The highest BCUT2D eigenvalue weighted by molar-refractivity contribution is 5.99. The van der Waals surface area contributed by atoms with Gasteiger partial charge in [-0.2, -0.15) is 5.10 Å². The Labute approximate surface area is 109 Å². The molecule has 1 heterocycles. The number of anilines is 2. The summed E-state index contributed by atoms with van der Waals surface area (Å²) >= 11 is 0. The zero-order valence-corrected chi connectivity index (χ0v) is 10.7. The number of benzene rings is 1. The molecule has 0 spiro atoms. The number of aryl methyl sites for hydroxylation is 2. The Morgan fingerprint density at radius 1 is 1.16 bits per heavy atom. The molecule has 2 rings (SSSR count). The molecule has 0 atom stereocenters. The molecule has 0 saturated carbocycles. The van der Waals surface area contributed by atoms with Crippen LogP contribution in [0.3, 0.4) is 0 Å². The lowest BCUT2D eigenvalue weighted by molar-refractivity contribution is 0.262. The van der Waals surface area contributed by atoms with Crippen LogP contribution in [0, 0.1) is 13.8 Å². The lowest BCUT2D eigenvalue weighted by Gasteiger charge is -2.09. The molecule has 2 aromatic rings. The van der Waals surface area contributed by atoms with Gasteiger partial charge in [0, 0.05) is 11.8 Å². The van der Waals surface area contributed by atoms with Crippen molar-refractivity contribution in [3.63, 3.8) is 0 Å². The Balaban J connectivity index is 2.07. The first-order valence-corrected chi connectivity index (χ1v) is 5.75. The molecule has 0 saturated heterocycles. The molecular weight excluding hydrogens is 244 g/mol. The van der Waals surface area contributed by atoms with Crippen molar-refractivity contribution in [1.29, 1.82) is 0 Å². The minimum absolute atomic E-state index is 0.280. The van der Waals surface area contributed by atoms with Gasteiger partial charge in [0.05, 0.1) is 0 Å². The predicted octanol–water partition coefficient (Wildman–Crippen LogP) is 2.03. The van der Waals surface area contributed by atoms with Crippen LogP contribution < -0.4 is 16.2 Å². The van der Waals surface area contributed by atoms with Gasteiger partial charge in [-0.15, -0.1) is 0 Å². The number of rotatable bonds is 2. The fourth-order valence-electron chi connectivity index (χ4n) is 1.55. The minimum Gasteiger partial charge on any atom is -0.307 e. The summed E-state index contributed by atoms with van der Waals surface area (Å²) in [5, 5.41) is 11.2. The molecule has 2 amide bonds. The SMILES string of the molecule is Cc1ccc(C)c(NC(=O)Nc2ccc(=O)[nH]n2)c1. The van der Waals surface area contributed by atoms with Gasteiger partial charge in [-0.3, -0.25) is 10.1 Å². The van der Waals surface area contributed by atoms with Crippen LogP contribution in [0.1, 0.15) is 11.1 Å². The van der Waals surface area contributed by atoms with Crippen molar-refractivity contribution in [2.45, 2.75) is 13.8 Å². The maximum Gasteiger partial charge on any atom is 0.324 e. The monoisotopic (exact) mass is 258 g/mol. The summed E-state index contributed by atoms with van der Waals surface area (Å²) in [5.74, 6) is 0.280. The average molecular weight is 258 g/mol. The van der Waals surface area contributed by atoms with E-state index >= 15 is 0 Å². The molecule has 0 unspecified atom stereocenters. The lowest BCUT2D eigenvalue weighted by Crippen LogP contribution is -2.21. The summed E-state index contributed by atoms with van der Waals surface area (Å²) in [6.45, 7) is 3.86. The van der Waals surface area contributed by atoms with Gasteiger partial charge >= 0.3 is 6.03 Å². The van der Waals surface area contributed by atoms with E-state index in [0.717, 1.165) is 16.8 Å². The molecular formula is C13H14N4O2. The number of carbonyl (C=O) groups excluding carboxylic acids is 1. The molecule has 6 heteroatoms. The Bertz CT molecular complexity index is 643. The summed E-state index contributed by atoms with van der Waals surface area (Å²) < 4.78 is 0. The van der Waals surface area contributed by atoms with Gasteiger partial charge in [0.15, 0.2) is 5.82 Å². The van der Waals surface area contributed by atoms with Gasteiger partial charge in [-0.25, -0.2) is 9.89 Å². The van der Waals surface area contributed by atoms with E-state index in [4.69, 9.17) is 0 Å². The highest BCUT2D eigenvalue weighted by atomic mass is 16.2. The molecule has 0 bridgehead atoms. The summed E-state index contributed by atoms with van der Waals surface area (Å²) in [5.41, 5.74) is 2.45. The average Bonchev–Trinajstić information content (AvgIpc) is 2.37. The fraction of sp³-hybridized carbons (Fsp3) is 0.154. The molecule has 98 valence electrons. The van der Waals surface area contributed by atoms with Crippen LogP contribution >= 0.6 is 0 Å². The van der Waals surface area contributed by atoms with Crippen molar-refractivity contribution in [3.05, 3.63) is 51.8 Å². The number of hydrogen-bond acceptors (Lipinski definition) is 3. The van der Waals surface area contributed by atoms with Crippen molar-refractivity contribution in [2.75, 3.05) is 10.6 Å². The standard InChI is InChI=1S/C13H14N4O2/c1-8-3-4-9(2)10(7-8)14-13(19)15-11-5-6-12(18)17-16-11/h3-7H,1-2H3,(H,17,18)(H2,14,15,16,19). The summed E-state index contributed by atoms with van der Waals surface area (Å²) in [4.78, 5) is 22.6. The van der Waals surface area contributed by atoms with Gasteiger partial charge in [0.25, 0.3) is 5.56 Å². The Kier molecular flexibility index (Phi) is 3.61. The molecule has 0 aliphatic rings. The molecule has 3 N–H and O–H groups in total. The summed E-state index contributed by atoms with van der Waals surface area (Å²) in [6, 6.07) is 8.11. The van der Waals surface area contributed by atoms with Crippen LogP contribution in [0.15, 0.2) is 35.1 Å². The third-order valence-electron chi connectivity index (χ3n) is 2.56. The minimum atomic E-state index is -0.409. The molecule has 6 nitrogen and oxygen atoms in total. The van der Waals surface area contributed by atoms with Crippen LogP contribution in [-0.2, 0) is 0 Å². The van der Waals surface area contributed by atoms with E-state index < -0.39 is 6.03 Å². The van der Waals surface area contributed by atoms with E-state index in [-0.39, 0.29) is 11.4 Å². The number of hydrogen-bond donors (Lipinski definition) is 3. The fourth-order valence-corrected chi connectivity index (χ4v) is 1.55. The van der Waals surface area contributed by atoms with E-state index in [0.29, 0.717) is 0 Å². The zero-order valence-electron chi connectivity index (χ0n) is 10.7. The third kappa shape index (κ3) is 3.41. The van der Waals surface area contributed by atoms with Crippen molar-refractivity contribution >= 4 is 17.5 Å². The highest BCUT2D eigenvalue weighted by Gasteiger charge is 2.05. The molecule has 0 radical (unpaired) electrons. The van der Waals surface area contributed by atoms with Gasteiger partial charge < -0.3 is 5.32 Å². The number of urea groups is 1. The Morgan fingerprint density at radius 2 is 1.95 bits per heavy atom. The number of aromatic nitrogens is 2. The number of nitrogens with zero attached hydrogens (tertiary/aromatic N) is 1. The zero-order chi connectivity index (χ0) is 13.8. The van der Waals surface area contributed by atoms with Crippen LogP contribution in [0.25, 0.3) is 0 Å².